The number of imidazole rings is 1. The highest BCUT2D eigenvalue weighted by molar-refractivity contribution is 7.96. The third kappa shape index (κ3) is 4.57. The Hall–Kier alpha value is -3.37. The van der Waals surface area contributed by atoms with Crippen molar-refractivity contribution >= 4 is 40.5 Å². The predicted molar refractivity (Wildman–Crippen MR) is 132 cm³/mol. The van der Waals surface area contributed by atoms with Crippen molar-refractivity contribution in [2.75, 3.05) is 36.6 Å². The number of para-hydroxylation sites is 2. The van der Waals surface area contributed by atoms with E-state index in [4.69, 9.17) is 0 Å². The van der Waals surface area contributed by atoms with Gasteiger partial charge >= 0.3 is 0 Å². The second kappa shape index (κ2) is 9.24. The van der Waals surface area contributed by atoms with Crippen LogP contribution in [0.5, 0.6) is 0 Å². The van der Waals surface area contributed by atoms with Crippen molar-refractivity contribution in [1.82, 2.24) is 29.5 Å². The number of hydrogen-bond acceptors (Lipinski definition) is 7. The van der Waals surface area contributed by atoms with Gasteiger partial charge in [0.25, 0.3) is 5.91 Å². The van der Waals surface area contributed by atoms with E-state index in [0.29, 0.717) is 28.9 Å². The van der Waals surface area contributed by atoms with E-state index in [1.54, 1.807) is 24.2 Å². The van der Waals surface area contributed by atoms with Gasteiger partial charge < -0.3 is 15.2 Å². The Bertz CT molecular complexity index is 1210. The molecular weight excluding hydrogens is 436 g/mol. The fourth-order valence-corrected chi connectivity index (χ4v) is 4.60. The van der Waals surface area contributed by atoms with Crippen LogP contribution < -0.4 is 10.2 Å². The Labute approximate surface area is 196 Å². The lowest BCUT2D eigenvalue weighted by molar-refractivity contribution is 0.102. The van der Waals surface area contributed by atoms with Crippen molar-refractivity contribution in [2.24, 2.45) is 0 Å². The summed E-state index contributed by atoms with van der Waals surface area (Å²) in [5.41, 5.74) is 3.01. The zero-order valence-electron chi connectivity index (χ0n) is 18.6. The van der Waals surface area contributed by atoms with Crippen LogP contribution in [0.2, 0.25) is 0 Å². The first kappa shape index (κ1) is 21.5. The molecule has 1 fully saturated rings. The van der Waals surface area contributed by atoms with E-state index in [0.717, 1.165) is 42.8 Å². The van der Waals surface area contributed by atoms with Gasteiger partial charge in [-0.2, -0.15) is 5.10 Å². The highest BCUT2D eigenvalue weighted by atomic mass is 32.2. The summed E-state index contributed by atoms with van der Waals surface area (Å²) in [5.74, 6) is 1.75. The van der Waals surface area contributed by atoms with Crippen LogP contribution >= 0.6 is 11.9 Å². The predicted octanol–water partition coefficient (Wildman–Crippen LogP) is 3.78. The summed E-state index contributed by atoms with van der Waals surface area (Å²) >= 11 is 1.78. The van der Waals surface area contributed by atoms with Gasteiger partial charge in [-0.25, -0.2) is 9.97 Å². The maximum Gasteiger partial charge on any atom is 0.258 e. The number of hydrogen-bond donors (Lipinski definition) is 3. The van der Waals surface area contributed by atoms with Crippen molar-refractivity contribution in [3.63, 3.8) is 0 Å². The Kier molecular flexibility index (Phi) is 6.01. The molecule has 9 nitrogen and oxygen atoms in total. The second-order valence-electron chi connectivity index (χ2n) is 8.08. The van der Waals surface area contributed by atoms with Crippen LogP contribution in [0.25, 0.3) is 22.6 Å². The maximum atomic E-state index is 12.7. The zero-order valence-corrected chi connectivity index (χ0v) is 19.4. The molecule has 1 amide bonds. The monoisotopic (exact) mass is 462 g/mol. The van der Waals surface area contributed by atoms with Gasteiger partial charge in [-0.1, -0.05) is 24.1 Å². The quantitative estimate of drug-likeness (QED) is 0.375. The largest absolute Gasteiger partial charge is 0.357 e. The fourth-order valence-electron chi connectivity index (χ4n) is 4.09. The van der Waals surface area contributed by atoms with E-state index in [1.165, 1.54) is 0 Å². The Morgan fingerprint density at radius 1 is 1.21 bits per heavy atom. The molecule has 1 aromatic carbocycles. The van der Waals surface area contributed by atoms with Gasteiger partial charge in [0.05, 0.1) is 16.6 Å². The first-order valence-electron chi connectivity index (χ1n) is 10.9. The van der Waals surface area contributed by atoms with Crippen LogP contribution in [0.3, 0.4) is 0 Å². The standard InChI is InChI=1S/C23H26N8OS/c1-30(33-2)16-9-11-31(12-10-16)21-8-7-15(14-24-21)23(32)27-20-13-19(28-29-20)22-25-17-5-3-4-6-18(17)26-22/h3-8,13-14,16H,9-12H2,1-2H3,(H,25,26)(H2,27,28,29,32). The molecule has 5 rings (SSSR count). The Morgan fingerprint density at radius 2 is 2.03 bits per heavy atom. The first-order chi connectivity index (χ1) is 16.1. The SMILES string of the molecule is CSN(C)C1CCN(c2ccc(C(=O)Nc3cc(-c4nc5ccccc5[nH]4)[nH]n3)cn2)CC1. The molecule has 0 bridgehead atoms. The van der Waals surface area contributed by atoms with Crippen LogP contribution in [0.15, 0.2) is 48.7 Å². The third-order valence-corrected chi connectivity index (χ3v) is 6.94. The second-order valence-corrected chi connectivity index (χ2v) is 9.02. The zero-order chi connectivity index (χ0) is 22.8. The molecule has 4 heterocycles. The Balaban J connectivity index is 1.21. The molecule has 10 heteroatoms. The van der Waals surface area contributed by atoms with Gasteiger partial charge in [0, 0.05) is 31.4 Å². The summed E-state index contributed by atoms with van der Waals surface area (Å²) in [6.45, 7) is 1.93. The topological polar surface area (TPSA) is 106 Å². The number of amides is 1. The molecule has 0 unspecified atom stereocenters. The molecular formula is C23H26N8OS. The molecule has 170 valence electrons. The molecule has 1 aliphatic heterocycles. The number of rotatable bonds is 6. The van der Waals surface area contributed by atoms with E-state index in [-0.39, 0.29) is 5.91 Å². The molecule has 33 heavy (non-hydrogen) atoms. The number of nitrogens with zero attached hydrogens (tertiary/aromatic N) is 5. The number of nitrogens with one attached hydrogen (secondary N) is 3. The summed E-state index contributed by atoms with van der Waals surface area (Å²) in [5, 5.41) is 9.94. The lowest BCUT2D eigenvalue weighted by Gasteiger charge is -2.36. The minimum Gasteiger partial charge on any atom is -0.357 e. The van der Waals surface area contributed by atoms with E-state index in [9.17, 15) is 4.79 Å². The van der Waals surface area contributed by atoms with E-state index >= 15 is 0 Å². The number of pyridine rings is 1. The molecule has 1 aliphatic rings. The van der Waals surface area contributed by atoms with Gasteiger partial charge in [-0.3, -0.25) is 14.2 Å². The fraction of sp³-hybridized carbons (Fsp3) is 0.304. The number of carbonyl (C=O) groups excluding carboxylic acids is 1. The number of H-pyrrole nitrogens is 2. The van der Waals surface area contributed by atoms with Crippen molar-refractivity contribution in [2.45, 2.75) is 18.9 Å². The summed E-state index contributed by atoms with van der Waals surface area (Å²) in [6.07, 6.45) is 5.94. The lowest BCUT2D eigenvalue weighted by atomic mass is 10.1. The smallest absolute Gasteiger partial charge is 0.258 e. The highest BCUT2D eigenvalue weighted by Gasteiger charge is 2.23. The van der Waals surface area contributed by atoms with Gasteiger partial charge in [0.15, 0.2) is 11.6 Å². The molecule has 1 saturated heterocycles. The number of carbonyl (C=O) groups is 1. The first-order valence-corrected chi connectivity index (χ1v) is 12.1. The molecule has 3 aromatic heterocycles. The van der Waals surface area contributed by atoms with Crippen molar-refractivity contribution in [3.8, 4) is 11.5 Å². The number of piperidine rings is 1. The lowest BCUT2D eigenvalue weighted by Crippen LogP contribution is -2.41. The summed E-state index contributed by atoms with van der Waals surface area (Å²) in [7, 11) is 2.15. The van der Waals surface area contributed by atoms with E-state index < -0.39 is 0 Å². The van der Waals surface area contributed by atoms with Gasteiger partial charge in [-0.05, 0) is 50.4 Å². The number of aromatic nitrogens is 5. The third-order valence-electron chi connectivity index (χ3n) is 6.06. The summed E-state index contributed by atoms with van der Waals surface area (Å²) < 4.78 is 2.33. The van der Waals surface area contributed by atoms with E-state index in [2.05, 4.69) is 53.0 Å². The number of benzene rings is 1. The number of aromatic amines is 2. The molecule has 0 saturated carbocycles. The van der Waals surface area contributed by atoms with Gasteiger partial charge in [-0.15, -0.1) is 0 Å². The van der Waals surface area contributed by atoms with Crippen molar-refractivity contribution < 1.29 is 4.79 Å². The Morgan fingerprint density at radius 3 is 2.76 bits per heavy atom. The van der Waals surface area contributed by atoms with Gasteiger partial charge in [0.2, 0.25) is 0 Å². The van der Waals surface area contributed by atoms with Crippen LogP contribution in [-0.2, 0) is 0 Å². The highest BCUT2D eigenvalue weighted by Crippen LogP contribution is 2.24. The minimum atomic E-state index is -0.253. The molecule has 0 spiro atoms. The average molecular weight is 463 g/mol. The normalized spacial score (nSPS) is 14.8. The number of fused-ring (bicyclic) bond motifs is 1. The minimum absolute atomic E-state index is 0.253. The molecule has 0 aliphatic carbocycles. The molecule has 3 N–H and O–H groups in total. The summed E-state index contributed by atoms with van der Waals surface area (Å²) in [4.78, 5) is 27.3. The maximum absolute atomic E-state index is 12.7. The van der Waals surface area contributed by atoms with Crippen LogP contribution in [0.1, 0.15) is 23.2 Å². The van der Waals surface area contributed by atoms with Crippen LogP contribution in [0.4, 0.5) is 11.6 Å². The average Bonchev–Trinajstić information content (AvgIpc) is 3.50. The van der Waals surface area contributed by atoms with Crippen LogP contribution in [-0.4, -0.2) is 67.8 Å². The molecule has 0 radical (unpaired) electrons. The van der Waals surface area contributed by atoms with E-state index in [1.807, 2.05) is 36.4 Å². The number of anilines is 2. The molecule has 0 atom stereocenters. The van der Waals surface area contributed by atoms with Crippen molar-refractivity contribution in [1.29, 1.82) is 0 Å². The van der Waals surface area contributed by atoms with Crippen LogP contribution in [0, 0.1) is 0 Å². The van der Waals surface area contributed by atoms with Gasteiger partial charge in [0.1, 0.15) is 11.5 Å². The molecule has 4 aromatic rings. The van der Waals surface area contributed by atoms with Crippen molar-refractivity contribution in [3.05, 3.63) is 54.2 Å². The summed E-state index contributed by atoms with van der Waals surface area (Å²) in [6, 6.07) is 13.9.